The molecule has 1 atom stereocenters. The number of hydrogen-bond donors (Lipinski definition) is 3. The Kier molecular flexibility index (Phi) is 3.64. The minimum absolute atomic E-state index is 0.0543. The van der Waals surface area contributed by atoms with E-state index in [4.69, 9.17) is 5.11 Å². The number of aliphatic hydroxyl groups excluding tert-OH is 1. The Bertz CT molecular complexity index is 282. The molecule has 0 saturated carbocycles. The van der Waals surface area contributed by atoms with Gasteiger partial charge in [-0.1, -0.05) is 13.8 Å². The third-order valence-corrected chi connectivity index (χ3v) is 2.08. The molecular weight excluding hydrogens is 182 g/mol. The smallest absolute Gasteiger partial charge is 0.254 e. The molecule has 0 spiro atoms. The van der Waals surface area contributed by atoms with Crippen LogP contribution < -0.4 is 5.32 Å². The quantitative estimate of drug-likeness (QED) is 0.643. The van der Waals surface area contributed by atoms with E-state index in [1.165, 1.54) is 12.4 Å². The van der Waals surface area contributed by atoms with Gasteiger partial charge in [-0.3, -0.25) is 9.89 Å². The van der Waals surface area contributed by atoms with Crippen molar-refractivity contribution >= 4 is 5.91 Å². The summed E-state index contributed by atoms with van der Waals surface area (Å²) in [6, 6.07) is -0.211. The Morgan fingerprint density at radius 1 is 1.71 bits per heavy atom. The zero-order valence-electron chi connectivity index (χ0n) is 8.32. The summed E-state index contributed by atoms with van der Waals surface area (Å²) >= 11 is 0. The van der Waals surface area contributed by atoms with Crippen molar-refractivity contribution in [2.75, 3.05) is 6.61 Å². The van der Waals surface area contributed by atoms with E-state index in [0.717, 1.165) is 0 Å². The van der Waals surface area contributed by atoms with Gasteiger partial charge < -0.3 is 10.4 Å². The molecule has 0 bridgehead atoms. The second-order valence-electron chi connectivity index (χ2n) is 3.49. The maximum Gasteiger partial charge on any atom is 0.254 e. The lowest BCUT2D eigenvalue weighted by Crippen LogP contribution is -2.41. The van der Waals surface area contributed by atoms with Crippen molar-refractivity contribution in [3.05, 3.63) is 18.0 Å². The van der Waals surface area contributed by atoms with Gasteiger partial charge in [0.1, 0.15) is 0 Å². The van der Waals surface area contributed by atoms with Gasteiger partial charge in [-0.25, -0.2) is 0 Å². The molecule has 78 valence electrons. The molecule has 1 amide bonds. The van der Waals surface area contributed by atoms with Gasteiger partial charge in [-0.05, 0) is 5.92 Å². The van der Waals surface area contributed by atoms with Gasteiger partial charge in [0, 0.05) is 6.20 Å². The average Bonchev–Trinajstić information content (AvgIpc) is 2.65. The summed E-state index contributed by atoms with van der Waals surface area (Å²) in [5.41, 5.74) is 0.476. The maximum absolute atomic E-state index is 11.5. The number of aromatic nitrogens is 2. The molecule has 0 saturated heterocycles. The van der Waals surface area contributed by atoms with Gasteiger partial charge in [0.15, 0.2) is 0 Å². The predicted molar refractivity (Wildman–Crippen MR) is 51.8 cm³/mol. The average molecular weight is 197 g/mol. The summed E-state index contributed by atoms with van der Waals surface area (Å²) in [5.74, 6) is -0.0117. The first-order valence-corrected chi connectivity index (χ1v) is 4.55. The molecule has 0 aliphatic heterocycles. The monoisotopic (exact) mass is 197 g/mol. The molecule has 1 rings (SSSR count). The summed E-state index contributed by atoms with van der Waals surface area (Å²) in [7, 11) is 0. The number of carbonyl (C=O) groups excluding carboxylic acids is 1. The molecule has 0 radical (unpaired) electrons. The Hall–Kier alpha value is -1.36. The largest absolute Gasteiger partial charge is 0.394 e. The van der Waals surface area contributed by atoms with Crippen LogP contribution in [-0.2, 0) is 0 Å². The fourth-order valence-electron chi connectivity index (χ4n) is 1.05. The predicted octanol–water partition coefficient (Wildman–Crippen LogP) is 0.156. The van der Waals surface area contributed by atoms with E-state index in [9.17, 15) is 4.79 Å². The number of aromatic amines is 1. The van der Waals surface area contributed by atoms with E-state index in [-0.39, 0.29) is 24.5 Å². The summed E-state index contributed by atoms with van der Waals surface area (Å²) in [4.78, 5) is 11.5. The molecule has 14 heavy (non-hydrogen) atoms. The van der Waals surface area contributed by atoms with Crippen LogP contribution in [0.4, 0.5) is 0 Å². The standard InChI is InChI=1S/C9H15N3O2/c1-6(2)8(5-13)12-9(14)7-3-10-11-4-7/h3-4,6,8,13H,5H2,1-2H3,(H,10,11)(H,12,14)/t8-/m1/s1. The molecule has 0 aromatic carbocycles. The van der Waals surface area contributed by atoms with Crippen molar-refractivity contribution in [3.8, 4) is 0 Å². The van der Waals surface area contributed by atoms with E-state index in [2.05, 4.69) is 15.5 Å². The minimum Gasteiger partial charge on any atom is -0.394 e. The molecule has 5 nitrogen and oxygen atoms in total. The van der Waals surface area contributed by atoms with Gasteiger partial charge in [0.25, 0.3) is 5.91 Å². The molecule has 1 heterocycles. The molecule has 1 aromatic heterocycles. The fourth-order valence-corrected chi connectivity index (χ4v) is 1.05. The van der Waals surface area contributed by atoms with E-state index in [1.807, 2.05) is 13.8 Å². The van der Waals surface area contributed by atoms with Gasteiger partial charge in [-0.2, -0.15) is 5.10 Å². The lowest BCUT2D eigenvalue weighted by Gasteiger charge is -2.19. The summed E-state index contributed by atoms with van der Waals surface area (Å²) < 4.78 is 0. The highest BCUT2D eigenvalue weighted by molar-refractivity contribution is 5.93. The van der Waals surface area contributed by atoms with Crippen LogP contribution in [-0.4, -0.2) is 33.9 Å². The molecule has 0 fully saturated rings. The minimum atomic E-state index is -0.216. The van der Waals surface area contributed by atoms with E-state index >= 15 is 0 Å². The second-order valence-corrected chi connectivity index (χ2v) is 3.49. The SMILES string of the molecule is CC(C)[C@@H](CO)NC(=O)c1cn[nH]c1. The maximum atomic E-state index is 11.5. The number of carbonyl (C=O) groups is 1. The lowest BCUT2D eigenvalue weighted by molar-refractivity contribution is 0.0897. The normalized spacial score (nSPS) is 12.9. The van der Waals surface area contributed by atoms with E-state index < -0.39 is 0 Å². The van der Waals surface area contributed by atoms with Crippen molar-refractivity contribution in [2.24, 2.45) is 5.92 Å². The summed E-state index contributed by atoms with van der Waals surface area (Å²) in [5, 5.41) is 18.0. The van der Waals surface area contributed by atoms with Gasteiger partial charge in [-0.15, -0.1) is 0 Å². The molecule has 1 aromatic rings. The number of hydrogen-bond acceptors (Lipinski definition) is 3. The van der Waals surface area contributed by atoms with Crippen molar-refractivity contribution < 1.29 is 9.90 Å². The Labute approximate surface area is 82.5 Å². The first-order valence-electron chi connectivity index (χ1n) is 4.55. The molecule has 0 aliphatic rings. The first-order chi connectivity index (χ1) is 6.65. The Morgan fingerprint density at radius 2 is 2.43 bits per heavy atom. The number of rotatable bonds is 4. The van der Waals surface area contributed by atoms with Crippen LogP contribution in [0.5, 0.6) is 0 Å². The first kappa shape index (κ1) is 10.7. The van der Waals surface area contributed by atoms with Crippen LogP contribution in [0.3, 0.4) is 0 Å². The van der Waals surface area contributed by atoms with Crippen molar-refractivity contribution in [3.63, 3.8) is 0 Å². The van der Waals surface area contributed by atoms with Crippen LogP contribution in [0.1, 0.15) is 24.2 Å². The zero-order chi connectivity index (χ0) is 10.6. The fraction of sp³-hybridized carbons (Fsp3) is 0.556. The highest BCUT2D eigenvalue weighted by Gasteiger charge is 2.16. The molecule has 0 aliphatic carbocycles. The Balaban J connectivity index is 2.56. The van der Waals surface area contributed by atoms with Crippen LogP contribution >= 0.6 is 0 Å². The second kappa shape index (κ2) is 4.76. The van der Waals surface area contributed by atoms with E-state index in [1.54, 1.807) is 0 Å². The van der Waals surface area contributed by atoms with Gasteiger partial charge in [0.05, 0.1) is 24.4 Å². The number of nitrogens with one attached hydrogen (secondary N) is 2. The van der Waals surface area contributed by atoms with Crippen molar-refractivity contribution in [1.82, 2.24) is 15.5 Å². The molecular formula is C9H15N3O2. The topological polar surface area (TPSA) is 78.0 Å². The third kappa shape index (κ3) is 2.56. The van der Waals surface area contributed by atoms with Gasteiger partial charge >= 0.3 is 0 Å². The van der Waals surface area contributed by atoms with Crippen LogP contribution in [0.25, 0.3) is 0 Å². The zero-order valence-corrected chi connectivity index (χ0v) is 8.32. The third-order valence-electron chi connectivity index (χ3n) is 2.08. The number of aliphatic hydroxyl groups is 1. The van der Waals surface area contributed by atoms with Crippen LogP contribution in [0.2, 0.25) is 0 Å². The molecule has 0 unspecified atom stereocenters. The van der Waals surface area contributed by atoms with Gasteiger partial charge in [0.2, 0.25) is 0 Å². The summed E-state index contributed by atoms with van der Waals surface area (Å²) in [6.07, 6.45) is 2.97. The highest BCUT2D eigenvalue weighted by Crippen LogP contribution is 2.02. The number of H-pyrrole nitrogens is 1. The number of amides is 1. The number of nitrogens with zero attached hydrogens (tertiary/aromatic N) is 1. The van der Waals surface area contributed by atoms with E-state index in [0.29, 0.717) is 5.56 Å². The molecule has 5 heteroatoms. The molecule has 3 N–H and O–H groups in total. The van der Waals surface area contributed by atoms with Crippen LogP contribution in [0.15, 0.2) is 12.4 Å². The Morgan fingerprint density at radius 3 is 2.86 bits per heavy atom. The lowest BCUT2D eigenvalue weighted by atomic mass is 10.1. The van der Waals surface area contributed by atoms with Crippen molar-refractivity contribution in [1.29, 1.82) is 0 Å². The van der Waals surface area contributed by atoms with Crippen molar-refractivity contribution in [2.45, 2.75) is 19.9 Å². The highest BCUT2D eigenvalue weighted by atomic mass is 16.3. The summed E-state index contributed by atoms with van der Waals surface area (Å²) in [6.45, 7) is 3.83. The van der Waals surface area contributed by atoms with Crippen LogP contribution in [0, 0.1) is 5.92 Å².